The highest BCUT2D eigenvalue weighted by Gasteiger charge is 2.03. The molecule has 0 aliphatic heterocycles. The van der Waals surface area contributed by atoms with Gasteiger partial charge in [-0.15, -0.1) is 0 Å². The van der Waals surface area contributed by atoms with Gasteiger partial charge < -0.3 is 15.5 Å². The Labute approximate surface area is 156 Å². The summed E-state index contributed by atoms with van der Waals surface area (Å²) in [6, 6.07) is 20.2. The van der Waals surface area contributed by atoms with Gasteiger partial charge in [-0.3, -0.25) is 4.99 Å². The smallest absolute Gasteiger partial charge is 0.191 e. The highest BCUT2D eigenvalue weighted by atomic mass is 15.2. The molecule has 5 nitrogen and oxygen atoms in total. The molecule has 0 spiro atoms. The van der Waals surface area contributed by atoms with Gasteiger partial charge in [0.1, 0.15) is 0 Å². The van der Waals surface area contributed by atoms with Crippen molar-refractivity contribution in [3.05, 3.63) is 65.7 Å². The first-order valence-electron chi connectivity index (χ1n) is 9.00. The molecule has 0 heterocycles. The molecule has 0 fully saturated rings. The average Bonchev–Trinajstić information content (AvgIpc) is 2.71. The normalized spacial score (nSPS) is 10.9. The third-order valence-corrected chi connectivity index (χ3v) is 4.17. The fourth-order valence-corrected chi connectivity index (χ4v) is 2.69. The lowest BCUT2D eigenvalue weighted by molar-refractivity contribution is 0.708. The number of guanidine groups is 1. The standard InChI is InChI=1S/C21H27N5/c1-3-26(20-8-5-4-6-9-20)15-7-14-24-21(23-2)25-17-19-12-10-18(16-22)11-13-19/h4-6,8-13H,3,7,14-15,17H2,1-2H3,(H2,23,24,25). The minimum atomic E-state index is 0.676. The van der Waals surface area contributed by atoms with Crippen LogP contribution in [0.5, 0.6) is 0 Å². The quantitative estimate of drug-likeness (QED) is 0.437. The van der Waals surface area contributed by atoms with E-state index in [4.69, 9.17) is 5.26 Å². The lowest BCUT2D eigenvalue weighted by Crippen LogP contribution is -2.38. The highest BCUT2D eigenvalue weighted by Crippen LogP contribution is 2.12. The monoisotopic (exact) mass is 349 g/mol. The number of aliphatic imine (C=N–C) groups is 1. The van der Waals surface area contributed by atoms with Crippen LogP contribution in [0.15, 0.2) is 59.6 Å². The van der Waals surface area contributed by atoms with E-state index in [1.807, 2.05) is 30.3 Å². The fourth-order valence-electron chi connectivity index (χ4n) is 2.69. The van der Waals surface area contributed by atoms with Gasteiger partial charge in [-0.2, -0.15) is 5.26 Å². The van der Waals surface area contributed by atoms with Crippen LogP contribution in [0.2, 0.25) is 0 Å². The zero-order chi connectivity index (χ0) is 18.6. The van der Waals surface area contributed by atoms with E-state index in [0.29, 0.717) is 12.1 Å². The molecule has 0 amide bonds. The Morgan fingerprint density at radius 2 is 1.81 bits per heavy atom. The van der Waals surface area contributed by atoms with Crippen LogP contribution in [0.25, 0.3) is 0 Å². The molecule has 2 aromatic carbocycles. The topological polar surface area (TPSA) is 63.4 Å². The van der Waals surface area contributed by atoms with Crippen LogP contribution in [0.1, 0.15) is 24.5 Å². The maximum atomic E-state index is 8.84. The fraction of sp³-hybridized carbons (Fsp3) is 0.333. The first-order valence-corrected chi connectivity index (χ1v) is 9.00. The van der Waals surface area contributed by atoms with E-state index in [1.165, 1.54) is 5.69 Å². The zero-order valence-electron chi connectivity index (χ0n) is 15.6. The summed E-state index contributed by atoms with van der Waals surface area (Å²) in [5, 5.41) is 15.5. The van der Waals surface area contributed by atoms with E-state index in [0.717, 1.165) is 37.6 Å². The molecule has 0 aromatic heterocycles. The number of nitriles is 1. The molecule has 0 saturated heterocycles. The predicted molar refractivity (Wildman–Crippen MR) is 108 cm³/mol. The molecule has 0 aliphatic rings. The Morgan fingerprint density at radius 3 is 2.42 bits per heavy atom. The summed E-state index contributed by atoms with van der Waals surface area (Å²) in [5.41, 5.74) is 3.06. The lowest BCUT2D eigenvalue weighted by Gasteiger charge is -2.23. The molecule has 0 bridgehead atoms. The first-order chi connectivity index (χ1) is 12.8. The molecule has 0 atom stereocenters. The maximum Gasteiger partial charge on any atom is 0.191 e. The van der Waals surface area contributed by atoms with Crippen molar-refractivity contribution < 1.29 is 0 Å². The largest absolute Gasteiger partial charge is 0.372 e. The molecule has 0 aliphatic carbocycles. The van der Waals surface area contributed by atoms with Crippen molar-refractivity contribution in [2.45, 2.75) is 19.9 Å². The number of anilines is 1. The van der Waals surface area contributed by atoms with Gasteiger partial charge in [0.15, 0.2) is 5.96 Å². The molecule has 0 saturated carbocycles. The van der Waals surface area contributed by atoms with Crippen LogP contribution >= 0.6 is 0 Å². The van der Waals surface area contributed by atoms with Gasteiger partial charge in [0, 0.05) is 38.9 Å². The van der Waals surface area contributed by atoms with Crippen molar-refractivity contribution in [2.75, 3.05) is 31.6 Å². The molecule has 0 unspecified atom stereocenters. The molecule has 26 heavy (non-hydrogen) atoms. The number of rotatable bonds is 8. The summed E-state index contributed by atoms with van der Waals surface area (Å²) in [5.74, 6) is 0.789. The van der Waals surface area contributed by atoms with Crippen molar-refractivity contribution in [1.29, 1.82) is 5.26 Å². The second-order valence-corrected chi connectivity index (χ2v) is 5.93. The third kappa shape index (κ3) is 6.14. The molecule has 136 valence electrons. The summed E-state index contributed by atoms with van der Waals surface area (Å²) in [6.45, 7) is 5.71. The van der Waals surface area contributed by atoms with Crippen molar-refractivity contribution in [3.8, 4) is 6.07 Å². The lowest BCUT2D eigenvalue weighted by atomic mass is 10.1. The van der Waals surface area contributed by atoms with Crippen LogP contribution < -0.4 is 15.5 Å². The van der Waals surface area contributed by atoms with E-state index in [9.17, 15) is 0 Å². The molecular formula is C21H27N5. The Kier molecular flexibility index (Phi) is 8.01. The summed E-state index contributed by atoms with van der Waals surface area (Å²) < 4.78 is 0. The minimum absolute atomic E-state index is 0.676. The van der Waals surface area contributed by atoms with Gasteiger partial charge in [-0.1, -0.05) is 30.3 Å². The van der Waals surface area contributed by atoms with Crippen LogP contribution in [-0.2, 0) is 6.54 Å². The van der Waals surface area contributed by atoms with Gasteiger partial charge in [-0.25, -0.2) is 0 Å². The second kappa shape index (κ2) is 10.8. The van der Waals surface area contributed by atoms with Crippen LogP contribution in [-0.4, -0.2) is 32.6 Å². The van der Waals surface area contributed by atoms with E-state index in [2.05, 4.69) is 57.8 Å². The first kappa shape index (κ1) is 19.3. The second-order valence-electron chi connectivity index (χ2n) is 5.93. The van der Waals surface area contributed by atoms with Gasteiger partial charge in [0.05, 0.1) is 11.6 Å². The molecule has 5 heteroatoms. The van der Waals surface area contributed by atoms with Crippen LogP contribution in [0.4, 0.5) is 5.69 Å². The third-order valence-electron chi connectivity index (χ3n) is 4.17. The number of nitrogens with one attached hydrogen (secondary N) is 2. The predicted octanol–water partition coefficient (Wildman–Crippen LogP) is 3.14. The van der Waals surface area contributed by atoms with Crippen molar-refractivity contribution in [2.24, 2.45) is 4.99 Å². The van der Waals surface area contributed by atoms with Gasteiger partial charge in [0.25, 0.3) is 0 Å². The van der Waals surface area contributed by atoms with Crippen LogP contribution in [0, 0.1) is 11.3 Å². The summed E-state index contributed by atoms with van der Waals surface area (Å²) in [4.78, 5) is 6.63. The zero-order valence-corrected chi connectivity index (χ0v) is 15.6. The number of benzene rings is 2. The Morgan fingerprint density at radius 1 is 1.08 bits per heavy atom. The number of para-hydroxylation sites is 1. The number of hydrogen-bond acceptors (Lipinski definition) is 3. The summed E-state index contributed by atoms with van der Waals surface area (Å²) in [6.07, 6.45) is 1.03. The highest BCUT2D eigenvalue weighted by molar-refractivity contribution is 5.79. The van der Waals surface area contributed by atoms with Crippen molar-refractivity contribution in [1.82, 2.24) is 10.6 Å². The summed E-state index contributed by atoms with van der Waals surface area (Å²) >= 11 is 0. The SMILES string of the molecule is CCN(CCCNC(=NC)NCc1ccc(C#N)cc1)c1ccccc1. The Bertz CT molecular complexity index is 716. The van der Waals surface area contributed by atoms with E-state index >= 15 is 0 Å². The van der Waals surface area contributed by atoms with Gasteiger partial charge >= 0.3 is 0 Å². The summed E-state index contributed by atoms with van der Waals surface area (Å²) in [7, 11) is 1.77. The molecule has 0 radical (unpaired) electrons. The van der Waals surface area contributed by atoms with Crippen LogP contribution in [0.3, 0.4) is 0 Å². The molecule has 2 aromatic rings. The van der Waals surface area contributed by atoms with Crippen molar-refractivity contribution in [3.63, 3.8) is 0 Å². The Balaban J connectivity index is 1.72. The van der Waals surface area contributed by atoms with Crippen molar-refractivity contribution >= 4 is 11.6 Å². The molecular weight excluding hydrogens is 322 g/mol. The number of hydrogen-bond donors (Lipinski definition) is 2. The van der Waals surface area contributed by atoms with Gasteiger partial charge in [-0.05, 0) is 43.2 Å². The van der Waals surface area contributed by atoms with E-state index in [-0.39, 0.29) is 0 Å². The average molecular weight is 349 g/mol. The molecule has 2 N–H and O–H groups in total. The number of nitrogens with zero attached hydrogens (tertiary/aromatic N) is 3. The van der Waals surface area contributed by atoms with E-state index < -0.39 is 0 Å². The van der Waals surface area contributed by atoms with Gasteiger partial charge in [0.2, 0.25) is 0 Å². The maximum absolute atomic E-state index is 8.84. The van der Waals surface area contributed by atoms with E-state index in [1.54, 1.807) is 7.05 Å². The minimum Gasteiger partial charge on any atom is -0.372 e. The Hall–Kier alpha value is -3.00. The molecule has 2 rings (SSSR count).